The summed E-state index contributed by atoms with van der Waals surface area (Å²) in [5.74, 6) is 0. The molecule has 0 fully saturated rings. The predicted molar refractivity (Wildman–Crippen MR) is 277 cm³/mol. The van der Waals surface area contributed by atoms with Crippen LogP contribution in [0, 0.1) is 83.1 Å². The molecule has 0 aliphatic heterocycles. The number of hydrogen-bond donors (Lipinski definition) is 0. The summed E-state index contributed by atoms with van der Waals surface area (Å²) in [5, 5.41) is 0. The second-order valence-electron chi connectivity index (χ2n) is 18.8. The molecule has 0 bridgehead atoms. The van der Waals surface area contributed by atoms with Crippen LogP contribution < -0.4 is 32.8 Å². The third-order valence-corrected chi connectivity index (χ3v) is 13.9. The lowest BCUT2D eigenvalue weighted by molar-refractivity contribution is 0.745. The molecule has 0 radical (unpaired) electrons. The van der Waals surface area contributed by atoms with Crippen molar-refractivity contribution in [1.29, 1.82) is 0 Å². The average Bonchev–Trinajstić information content (AvgIpc) is 3.23. The van der Waals surface area contributed by atoms with Crippen LogP contribution >= 0.6 is 0 Å². The van der Waals surface area contributed by atoms with Crippen LogP contribution in [-0.4, -0.2) is 13.4 Å². The minimum Gasteiger partial charge on any atom is -0.0686 e. The molecule has 63 heavy (non-hydrogen) atoms. The van der Waals surface area contributed by atoms with Crippen molar-refractivity contribution < 1.29 is 0 Å². The molecule has 0 heterocycles. The summed E-state index contributed by atoms with van der Waals surface area (Å²) in [5.41, 5.74) is 28.6. The SMILES string of the molecule is Cc1cc(C)c(B(c2ccc(C(c3ccccc3)(c3ccccc3)c3ccc(B(c4c(C)cc(C)cc4C)c4c(C)cc(C)cc4C)cc3)cc2)c2c(C)cc(C)cc2C)c(C)c1. The number of aryl methyl sites for hydroxylation is 12. The first kappa shape index (κ1) is 43.5. The zero-order valence-electron chi connectivity index (χ0n) is 39.7. The molecule has 0 aromatic heterocycles. The molecule has 8 aromatic rings. The minimum absolute atomic E-state index is 0.0988. The van der Waals surface area contributed by atoms with Gasteiger partial charge in [0, 0.05) is 0 Å². The van der Waals surface area contributed by atoms with E-state index in [0.29, 0.717) is 0 Å². The Bertz CT molecular complexity index is 2530. The van der Waals surface area contributed by atoms with Gasteiger partial charge in [0.1, 0.15) is 0 Å². The number of rotatable bonds is 10. The molecule has 0 atom stereocenters. The van der Waals surface area contributed by atoms with Gasteiger partial charge in [-0.2, -0.15) is 0 Å². The molecule has 8 aromatic carbocycles. The van der Waals surface area contributed by atoms with Gasteiger partial charge in [-0.05, 0) is 105 Å². The van der Waals surface area contributed by atoms with Crippen LogP contribution in [0.4, 0.5) is 0 Å². The van der Waals surface area contributed by atoms with E-state index in [1.807, 2.05) is 0 Å². The van der Waals surface area contributed by atoms with Gasteiger partial charge in [-0.3, -0.25) is 0 Å². The van der Waals surface area contributed by atoms with Crippen LogP contribution in [-0.2, 0) is 5.41 Å². The maximum absolute atomic E-state index is 2.43. The molecule has 0 spiro atoms. The average molecular weight is 817 g/mol. The molecular weight excluding hydrogens is 754 g/mol. The standard InChI is InChI=1S/C61H62B2/c1-39-31-43(5)57(44(6)32-39)62(58-45(7)33-40(2)34-46(58)8)55-27-23-53(24-28-55)61(51-19-15-13-16-20-51,52-21-17-14-18-22-52)54-25-29-56(30-26-54)63(59-47(9)35-41(3)36-48(59)10)60-49(11)37-42(4)38-50(60)12/h13-38H,1-12H3. The van der Waals surface area contributed by atoms with Crippen molar-refractivity contribution in [1.82, 2.24) is 0 Å². The maximum atomic E-state index is 2.43. The van der Waals surface area contributed by atoms with Crippen LogP contribution in [0.15, 0.2) is 158 Å². The third kappa shape index (κ3) is 8.06. The molecule has 0 saturated heterocycles. The zero-order valence-corrected chi connectivity index (χ0v) is 39.7. The van der Waals surface area contributed by atoms with Gasteiger partial charge in [0.05, 0.1) is 5.41 Å². The molecule has 2 heteroatoms. The van der Waals surface area contributed by atoms with E-state index in [2.05, 4.69) is 241 Å². The highest BCUT2D eigenvalue weighted by Crippen LogP contribution is 2.44. The smallest absolute Gasteiger partial charge is 0.0686 e. The van der Waals surface area contributed by atoms with Gasteiger partial charge in [0.15, 0.2) is 0 Å². The predicted octanol–water partition coefficient (Wildman–Crippen LogP) is 10.8. The fourth-order valence-corrected chi connectivity index (χ4v) is 11.8. The van der Waals surface area contributed by atoms with Crippen LogP contribution in [0.3, 0.4) is 0 Å². The number of benzene rings is 8. The first-order chi connectivity index (χ1) is 30.2. The topological polar surface area (TPSA) is 0 Å². The molecule has 0 amide bonds. The molecule has 0 aliphatic carbocycles. The van der Waals surface area contributed by atoms with E-state index in [9.17, 15) is 0 Å². The Morgan fingerprint density at radius 1 is 0.254 bits per heavy atom. The molecule has 0 aliphatic rings. The molecule has 312 valence electrons. The highest BCUT2D eigenvalue weighted by molar-refractivity contribution is 6.97. The van der Waals surface area contributed by atoms with Crippen molar-refractivity contribution in [2.45, 2.75) is 88.5 Å². The van der Waals surface area contributed by atoms with E-state index in [0.717, 1.165) is 0 Å². The van der Waals surface area contributed by atoms with E-state index in [1.165, 1.54) is 122 Å². The van der Waals surface area contributed by atoms with Crippen molar-refractivity contribution in [3.8, 4) is 0 Å². The highest BCUT2D eigenvalue weighted by Gasteiger charge is 2.39. The van der Waals surface area contributed by atoms with Crippen molar-refractivity contribution in [2.75, 3.05) is 0 Å². The van der Waals surface area contributed by atoms with E-state index in [4.69, 9.17) is 0 Å². The van der Waals surface area contributed by atoms with Crippen molar-refractivity contribution in [3.05, 3.63) is 247 Å². The highest BCUT2D eigenvalue weighted by atomic mass is 14.4. The van der Waals surface area contributed by atoms with Gasteiger partial charge in [-0.25, -0.2) is 0 Å². The Morgan fingerprint density at radius 2 is 0.460 bits per heavy atom. The normalized spacial score (nSPS) is 11.5. The van der Waals surface area contributed by atoms with Crippen molar-refractivity contribution >= 4 is 46.2 Å². The van der Waals surface area contributed by atoms with E-state index >= 15 is 0 Å². The summed E-state index contributed by atoms with van der Waals surface area (Å²) in [6, 6.07) is 60.6. The lowest BCUT2D eigenvalue weighted by atomic mass is 9.34. The zero-order chi connectivity index (χ0) is 44.7. The van der Waals surface area contributed by atoms with Crippen molar-refractivity contribution in [2.24, 2.45) is 0 Å². The Balaban J connectivity index is 1.36. The van der Waals surface area contributed by atoms with Crippen LogP contribution in [0.2, 0.25) is 0 Å². The summed E-state index contributed by atoms with van der Waals surface area (Å²) in [7, 11) is 0. The first-order valence-electron chi connectivity index (χ1n) is 22.8. The van der Waals surface area contributed by atoms with E-state index in [-0.39, 0.29) is 13.4 Å². The minimum atomic E-state index is -0.582. The molecule has 0 N–H and O–H groups in total. The van der Waals surface area contributed by atoms with Crippen LogP contribution in [0.25, 0.3) is 0 Å². The molecule has 0 saturated carbocycles. The first-order valence-corrected chi connectivity index (χ1v) is 22.8. The fraction of sp³-hybridized carbons (Fsp3) is 0.213. The van der Waals surface area contributed by atoms with Gasteiger partial charge in [0.2, 0.25) is 13.4 Å². The summed E-state index contributed by atoms with van der Waals surface area (Å²) >= 11 is 0. The van der Waals surface area contributed by atoms with Gasteiger partial charge in [-0.15, -0.1) is 0 Å². The van der Waals surface area contributed by atoms with E-state index < -0.39 is 5.41 Å². The molecule has 0 nitrogen and oxygen atoms in total. The molecular formula is C61H62B2. The van der Waals surface area contributed by atoms with E-state index in [1.54, 1.807) is 0 Å². The quantitative estimate of drug-likeness (QED) is 0.0953. The maximum Gasteiger partial charge on any atom is 0.242 e. The Hall–Kier alpha value is -6.11. The van der Waals surface area contributed by atoms with Crippen LogP contribution in [0.5, 0.6) is 0 Å². The molecule has 8 rings (SSSR count). The Kier molecular flexibility index (Phi) is 12.1. The lowest BCUT2D eigenvalue weighted by Gasteiger charge is -2.37. The Morgan fingerprint density at radius 3 is 0.683 bits per heavy atom. The number of hydrogen-bond acceptors (Lipinski definition) is 0. The monoisotopic (exact) mass is 817 g/mol. The van der Waals surface area contributed by atoms with Crippen LogP contribution in [0.1, 0.15) is 89.0 Å². The van der Waals surface area contributed by atoms with Gasteiger partial charge in [0.25, 0.3) is 0 Å². The van der Waals surface area contributed by atoms with Gasteiger partial charge >= 0.3 is 0 Å². The summed E-state index contributed by atoms with van der Waals surface area (Å²) in [4.78, 5) is 0. The largest absolute Gasteiger partial charge is 0.242 e. The second-order valence-corrected chi connectivity index (χ2v) is 18.8. The summed E-state index contributed by atoms with van der Waals surface area (Å²) in [6.45, 7) is 27.4. The van der Waals surface area contributed by atoms with Crippen molar-refractivity contribution in [3.63, 3.8) is 0 Å². The summed E-state index contributed by atoms with van der Waals surface area (Å²) in [6.07, 6.45) is 0. The van der Waals surface area contributed by atoms with Gasteiger partial charge < -0.3 is 0 Å². The summed E-state index contributed by atoms with van der Waals surface area (Å²) < 4.78 is 0. The lowest BCUT2D eigenvalue weighted by Crippen LogP contribution is -2.56. The van der Waals surface area contributed by atoms with Gasteiger partial charge in [-0.1, -0.05) is 257 Å². The third-order valence-electron chi connectivity index (χ3n) is 13.9. The second kappa shape index (κ2) is 17.6. The Labute approximate surface area is 379 Å². The molecule has 0 unspecified atom stereocenters. The fourth-order valence-electron chi connectivity index (χ4n) is 11.8.